The van der Waals surface area contributed by atoms with Crippen LogP contribution in [0.1, 0.15) is 46.9 Å². The van der Waals surface area contributed by atoms with E-state index in [9.17, 15) is 9.18 Å². The Morgan fingerprint density at radius 3 is 2.42 bits per heavy atom. The smallest absolute Gasteiger partial charge is 0.160 e. The minimum Gasteiger partial charge on any atom is -0.404 e. The number of hydrogen-bond acceptors (Lipinski definition) is 4. The maximum absolute atomic E-state index is 13.1. The van der Waals surface area contributed by atoms with Crippen molar-refractivity contribution in [3.63, 3.8) is 0 Å². The Kier molecular flexibility index (Phi) is 6.07. The summed E-state index contributed by atoms with van der Waals surface area (Å²) < 4.78 is 13.1. The summed E-state index contributed by atoms with van der Waals surface area (Å²) in [5, 5.41) is 10.7. The summed E-state index contributed by atoms with van der Waals surface area (Å²) in [6.45, 7) is 7.46. The Balaban J connectivity index is 2.29. The first-order valence-corrected chi connectivity index (χ1v) is 8.16. The van der Waals surface area contributed by atoms with Gasteiger partial charge in [-0.3, -0.25) is 4.79 Å². The Hall–Kier alpha value is -3.21. The van der Waals surface area contributed by atoms with E-state index in [0.717, 1.165) is 17.3 Å². The van der Waals surface area contributed by atoms with Crippen LogP contribution in [0.5, 0.6) is 0 Å². The molecule has 0 aliphatic rings. The molecule has 0 amide bonds. The third-order valence-electron chi connectivity index (χ3n) is 4.15. The number of halogens is 1. The van der Waals surface area contributed by atoms with Crippen LogP contribution < -0.4 is 11.1 Å². The molecule has 1 atom stereocenters. The van der Waals surface area contributed by atoms with Crippen molar-refractivity contribution in [2.24, 2.45) is 5.73 Å². The fourth-order valence-electron chi connectivity index (χ4n) is 2.67. The van der Waals surface area contributed by atoms with E-state index in [1.165, 1.54) is 25.3 Å². The molecule has 0 aliphatic heterocycles. The lowest BCUT2D eigenvalue weighted by molar-refractivity contribution is 0.101. The summed E-state index contributed by atoms with van der Waals surface area (Å²) in [6.07, 6.45) is 2.42. The van der Waals surface area contributed by atoms with Crippen molar-refractivity contribution in [2.45, 2.75) is 19.9 Å². The lowest BCUT2D eigenvalue weighted by atomic mass is 9.95. The molecule has 2 aromatic rings. The summed E-state index contributed by atoms with van der Waals surface area (Å²) >= 11 is 0. The molecule has 0 saturated carbocycles. The average Bonchev–Trinajstić information content (AvgIpc) is 2.63. The van der Waals surface area contributed by atoms with Gasteiger partial charge in [0.15, 0.2) is 5.78 Å². The van der Waals surface area contributed by atoms with Gasteiger partial charge in [0, 0.05) is 35.3 Å². The van der Waals surface area contributed by atoms with Gasteiger partial charge >= 0.3 is 0 Å². The zero-order chi connectivity index (χ0) is 19.3. The van der Waals surface area contributed by atoms with Gasteiger partial charge < -0.3 is 16.5 Å². The van der Waals surface area contributed by atoms with Crippen molar-refractivity contribution in [1.29, 1.82) is 5.41 Å². The predicted molar refractivity (Wildman–Crippen MR) is 104 cm³/mol. The number of carbonyl (C=O) groups is 1. The van der Waals surface area contributed by atoms with E-state index < -0.39 is 0 Å². The molecule has 4 nitrogen and oxygen atoms in total. The van der Waals surface area contributed by atoms with Gasteiger partial charge in [0.25, 0.3) is 0 Å². The molecule has 0 fully saturated rings. The predicted octanol–water partition coefficient (Wildman–Crippen LogP) is 4.30. The largest absolute Gasteiger partial charge is 0.404 e. The maximum atomic E-state index is 13.1. The van der Waals surface area contributed by atoms with Crippen molar-refractivity contribution in [2.75, 3.05) is 0 Å². The van der Waals surface area contributed by atoms with Gasteiger partial charge in [-0.1, -0.05) is 30.8 Å². The Labute approximate surface area is 152 Å². The highest BCUT2D eigenvalue weighted by Gasteiger charge is 2.13. The van der Waals surface area contributed by atoms with Crippen LogP contribution in [-0.4, -0.2) is 12.0 Å². The lowest BCUT2D eigenvalue weighted by Gasteiger charge is -2.19. The second kappa shape index (κ2) is 8.25. The van der Waals surface area contributed by atoms with Crippen molar-refractivity contribution >= 4 is 23.3 Å². The molecule has 2 rings (SSSR count). The van der Waals surface area contributed by atoms with Crippen LogP contribution in [-0.2, 0) is 0 Å². The van der Waals surface area contributed by atoms with E-state index in [4.69, 9.17) is 11.1 Å². The van der Waals surface area contributed by atoms with E-state index in [0.29, 0.717) is 22.4 Å². The topological polar surface area (TPSA) is 79.0 Å². The minimum atomic E-state index is -0.281. The van der Waals surface area contributed by atoms with E-state index in [2.05, 4.69) is 11.9 Å². The molecule has 4 N–H and O–H groups in total. The third kappa shape index (κ3) is 4.25. The number of allylic oxidation sites excluding steroid dienone is 1. The first-order valence-electron chi connectivity index (χ1n) is 8.16. The molecule has 0 unspecified atom stereocenters. The van der Waals surface area contributed by atoms with Gasteiger partial charge in [0.1, 0.15) is 5.82 Å². The van der Waals surface area contributed by atoms with Crippen LogP contribution in [0.3, 0.4) is 0 Å². The number of hydrogen-bond donors (Lipinski definition) is 3. The molecule has 0 bridgehead atoms. The standard InChI is InChI=1S/C21H22FN3O/c1-13(16-4-7-19(22)8-5-16)25-14(2)17-6-9-20(18(11-23)12-24)21(10-17)15(3)26/h4-13,23,25H,2,24H2,1,3H3/b18-12+,23-11?/t13-/m1/s1. The SMILES string of the molecule is C=C(N[C@H](C)c1ccc(F)cc1)c1ccc(/C(C=N)=C/N)c(C(C)=O)c1. The van der Waals surface area contributed by atoms with E-state index in [-0.39, 0.29) is 17.6 Å². The van der Waals surface area contributed by atoms with Gasteiger partial charge in [0.05, 0.1) is 0 Å². The first kappa shape index (κ1) is 19.1. The third-order valence-corrected chi connectivity index (χ3v) is 4.15. The fraction of sp³-hybridized carbons (Fsp3) is 0.143. The Bertz CT molecular complexity index is 869. The summed E-state index contributed by atoms with van der Waals surface area (Å²) in [7, 11) is 0. The minimum absolute atomic E-state index is 0.0790. The molecule has 0 aliphatic carbocycles. The molecule has 0 saturated heterocycles. The highest BCUT2D eigenvalue weighted by atomic mass is 19.1. The zero-order valence-corrected chi connectivity index (χ0v) is 14.8. The second-order valence-electron chi connectivity index (χ2n) is 5.98. The van der Waals surface area contributed by atoms with Crippen LogP contribution in [0.25, 0.3) is 11.3 Å². The molecule has 5 heteroatoms. The zero-order valence-electron chi connectivity index (χ0n) is 14.8. The second-order valence-corrected chi connectivity index (χ2v) is 5.98. The Morgan fingerprint density at radius 1 is 1.23 bits per heavy atom. The Morgan fingerprint density at radius 2 is 1.88 bits per heavy atom. The number of Topliss-reactive ketones (excluding diaryl/α,β-unsaturated/α-hetero) is 1. The molecule has 0 heterocycles. The summed E-state index contributed by atoms with van der Waals surface area (Å²) in [6, 6.07) is 11.5. The van der Waals surface area contributed by atoms with Crippen LogP contribution in [0.15, 0.2) is 55.2 Å². The van der Waals surface area contributed by atoms with Crippen LogP contribution in [0.4, 0.5) is 4.39 Å². The summed E-state index contributed by atoms with van der Waals surface area (Å²) in [5.41, 5.74) is 9.42. The molecule has 0 radical (unpaired) electrons. The number of ketones is 1. The van der Waals surface area contributed by atoms with Crippen molar-refractivity contribution in [3.05, 3.63) is 83.3 Å². The summed E-state index contributed by atoms with van der Waals surface area (Å²) in [5.74, 6) is -0.404. The first-order chi connectivity index (χ1) is 12.4. The van der Waals surface area contributed by atoms with Crippen molar-refractivity contribution in [3.8, 4) is 0 Å². The molecular formula is C21H22FN3O. The lowest BCUT2D eigenvalue weighted by Crippen LogP contribution is -2.17. The number of rotatable bonds is 7. The normalized spacial score (nSPS) is 12.3. The fourth-order valence-corrected chi connectivity index (χ4v) is 2.67. The molecule has 2 aromatic carbocycles. The number of nitrogens with one attached hydrogen (secondary N) is 2. The average molecular weight is 351 g/mol. The number of benzene rings is 2. The van der Waals surface area contributed by atoms with Gasteiger partial charge in [0.2, 0.25) is 0 Å². The van der Waals surface area contributed by atoms with E-state index in [1.807, 2.05) is 13.0 Å². The molecule has 26 heavy (non-hydrogen) atoms. The van der Waals surface area contributed by atoms with E-state index >= 15 is 0 Å². The van der Waals surface area contributed by atoms with Crippen LogP contribution >= 0.6 is 0 Å². The van der Waals surface area contributed by atoms with Gasteiger partial charge in [-0.25, -0.2) is 4.39 Å². The van der Waals surface area contributed by atoms with E-state index in [1.54, 1.807) is 24.3 Å². The highest BCUT2D eigenvalue weighted by Crippen LogP contribution is 2.24. The molecule has 0 spiro atoms. The molecule has 134 valence electrons. The quantitative estimate of drug-likeness (QED) is 0.514. The maximum Gasteiger partial charge on any atom is 0.160 e. The van der Waals surface area contributed by atoms with Crippen molar-refractivity contribution in [1.82, 2.24) is 5.32 Å². The number of carbonyl (C=O) groups excluding carboxylic acids is 1. The monoisotopic (exact) mass is 351 g/mol. The summed E-state index contributed by atoms with van der Waals surface area (Å²) in [4.78, 5) is 12.0. The molecular weight excluding hydrogens is 329 g/mol. The van der Waals surface area contributed by atoms with Crippen LogP contribution in [0.2, 0.25) is 0 Å². The van der Waals surface area contributed by atoms with Gasteiger partial charge in [-0.15, -0.1) is 0 Å². The number of nitrogens with two attached hydrogens (primary N) is 1. The van der Waals surface area contributed by atoms with Crippen molar-refractivity contribution < 1.29 is 9.18 Å². The van der Waals surface area contributed by atoms with Gasteiger partial charge in [-0.2, -0.15) is 0 Å². The highest BCUT2D eigenvalue weighted by molar-refractivity contribution is 6.13. The van der Waals surface area contributed by atoms with Gasteiger partial charge in [-0.05, 0) is 48.7 Å². The molecule has 0 aromatic heterocycles. The van der Waals surface area contributed by atoms with Crippen LogP contribution in [0, 0.1) is 11.2 Å².